The van der Waals surface area contributed by atoms with Gasteiger partial charge in [0, 0.05) is 11.4 Å². The van der Waals surface area contributed by atoms with Gasteiger partial charge in [-0.05, 0) is 55.7 Å². The lowest BCUT2D eigenvalue weighted by Crippen LogP contribution is -2.32. The lowest BCUT2D eigenvalue weighted by atomic mass is 10.1. The largest absolute Gasteiger partial charge is 0.465 e. The van der Waals surface area contributed by atoms with Crippen LogP contribution in [-0.2, 0) is 16.0 Å². The van der Waals surface area contributed by atoms with Crippen molar-refractivity contribution in [3.8, 4) is 0 Å². The molecule has 0 radical (unpaired) electrons. The smallest absolute Gasteiger partial charge is 0.337 e. The highest BCUT2D eigenvalue weighted by atomic mass is 16.5. The summed E-state index contributed by atoms with van der Waals surface area (Å²) < 4.78 is 4.74. The molecule has 0 aromatic heterocycles. The summed E-state index contributed by atoms with van der Waals surface area (Å²) in [5.41, 5.74) is 4.10. The fourth-order valence-corrected chi connectivity index (χ4v) is 2.40. The molecule has 0 aliphatic rings. The number of hydrogen-bond donors (Lipinski definition) is 2. The third-order valence-electron chi connectivity index (χ3n) is 4.05. The molecule has 2 N–H and O–H groups in total. The van der Waals surface area contributed by atoms with E-state index in [-0.39, 0.29) is 5.91 Å². The van der Waals surface area contributed by atoms with Crippen LogP contribution in [0.3, 0.4) is 0 Å². The van der Waals surface area contributed by atoms with Gasteiger partial charge in [0.15, 0.2) is 0 Å². The predicted molar refractivity (Wildman–Crippen MR) is 100 cm³/mol. The van der Waals surface area contributed by atoms with Gasteiger partial charge in [-0.2, -0.15) is 0 Å². The maximum absolute atomic E-state index is 12.4. The molecule has 0 saturated carbocycles. The number of carbonyl (C=O) groups is 2. The van der Waals surface area contributed by atoms with Gasteiger partial charge >= 0.3 is 5.97 Å². The maximum atomic E-state index is 12.4. The quantitative estimate of drug-likeness (QED) is 0.785. The molecular formula is C20H24N2O3. The first-order chi connectivity index (χ1) is 11.9. The minimum Gasteiger partial charge on any atom is -0.465 e. The molecule has 0 spiro atoms. The number of rotatable bonds is 6. The Morgan fingerprint density at radius 1 is 1.12 bits per heavy atom. The molecule has 132 valence electrons. The Morgan fingerprint density at radius 3 is 2.40 bits per heavy atom. The second-order valence-corrected chi connectivity index (χ2v) is 5.93. The van der Waals surface area contributed by atoms with Crippen molar-refractivity contribution in [1.82, 2.24) is 0 Å². The maximum Gasteiger partial charge on any atom is 0.337 e. The zero-order chi connectivity index (χ0) is 18.4. The highest BCUT2D eigenvalue weighted by Gasteiger charge is 2.15. The van der Waals surface area contributed by atoms with E-state index in [0.29, 0.717) is 5.56 Å². The van der Waals surface area contributed by atoms with Crippen molar-refractivity contribution < 1.29 is 14.3 Å². The van der Waals surface area contributed by atoms with Crippen LogP contribution in [-0.4, -0.2) is 25.0 Å². The van der Waals surface area contributed by atoms with Crippen molar-refractivity contribution in [2.24, 2.45) is 0 Å². The fourth-order valence-electron chi connectivity index (χ4n) is 2.40. The topological polar surface area (TPSA) is 67.4 Å². The monoisotopic (exact) mass is 340 g/mol. The number of nitrogens with one attached hydrogen (secondary N) is 2. The number of ether oxygens (including phenoxy) is 1. The number of carbonyl (C=O) groups excluding carboxylic acids is 2. The van der Waals surface area contributed by atoms with Gasteiger partial charge in [0.25, 0.3) is 0 Å². The van der Waals surface area contributed by atoms with E-state index < -0.39 is 12.0 Å². The average Bonchev–Trinajstić information content (AvgIpc) is 2.63. The van der Waals surface area contributed by atoms with Gasteiger partial charge in [-0.1, -0.05) is 25.1 Å². The number of anilines is 2. The molecule has 5 heteroatoms. The number of aryl methyl sites for hydroxylation is 2. The van der Waals surface area contributed by atoms with Crippen molar-refractivity contribution in [3.05, 3.63) is 59.2 Å². The van der Waals surface area contributed by atoms with E-state index >= 15 is 0 Å². The van der Waals surface area contributed by atoms with Crippen LogP contribution in [0.25, 0.3) is 0 Å². The molecule has 0 bridgehead atoms. The molecule has 0 fully saturated rings. The van der Waals surface area contributed by atoms with Crippen LogP contribution >= 0.6 is 0 Å². The van der Waals surface area contributed by atoms with Gasteiger partial charge in [0.1, 0.15) is 6.04 Å². The molecule has 0 heterocycles. The van der Waals surface area contributed by atoms with Crippen molar-refractivity contribution in [2.75, 3.05) is 17.7 Å². The predicted octanol–water partition coefficient (Wildman–Crippen LogP) is 3.78. The lowest BCUT2D eigenvalue weighted by Gasteiger charge is -2.17. The Balaban J connectivity index is 2.06. The van der Waals surface area contributed by atoms with Gasteiger partial charge in [-0.3, -0.25) is 4.79 Å². The molecule has 5 nitrogen and oxygen atoms in total. The minimum absolute atomic E-state index is 0.146. The Labute approximate surface area is 148 Å². The first-order valence-corrected chi connectivity index (χ1v) is 8.30. The number of esters is 1. The van der Waals surface area contributed by atoms with Crippen molar-refractivity contribution >= 4 is 23.3 Å². The summed E-state index contributed by atoms with van der Waals surface area (Å²) >= 11 is 0. The third-order valence-corrected chi connectivity index (χ3v) is 4.05. The van der Waals surface area contributed by atoms with Crippen LogP contribution in [0.2, 0.25) is 0 Å². The van der Waals surface area contributed by atoms with Crippen LogP contribution < -0.4 is 10.6 Å². The average molecular weight is 340 g/mol. The van der Waals surface area contributed by atoms with Gasteiger partial charge < -0.3 is 15.4 Å². The molecule has 0 unspecified atom stereocenters. The summed E-state index contributed by atoms with van der Waals surface area (Å²) in [5, 5.41) is 6.04. The summed E-state index contributed by atoms with van der Waals surface area (Å²) in [4.78, 5) is 24.1. The van der Waals surface area contributed by atoms with E-state index in [1.807, 2.05) is 37.3 Å². The normalized spacial score (nSPS) is 11.5. The molecule has 0 aliphatic carbocycles. The molecule has 2 rings (SSSR count). The van der Waals surface area contributed by atoms with E-state index in [2.05, 4.69) is 17.6 Å². The molecule has 1 amide bonds. The number of hydrogen-bond acceptors (Lipinski definition) is 4. The van der Waals surface area contributed by atoms with Gasteiger partial charge in [-0.15, -0.1) is 0 Å². The van der Waals surface area contributed by atoms with E-state index in [9.17, 15) is 9.59 Å². The van der Waals surface area contributed by atoms with E-state index in [0.717, 1.165) is 23.4 Å². The summed E-state index contributed by atoms with van der Waals surface area (Å²) in [6.07, 6.45) is 0.960. The highest BCUT2D eigenvalue weighted by Crippen LogP contribution is 2.19. The van der Waals surface area contributed by atoms with Crippen LogP contribution in [0.4, 0.5) is 11.4 Å². The molecule has 0 aliphatic heterocycles. The van der Waals surface area contributed by atoms with E-state index in [1.165, 1.54) is 12.7 Å². The zero-order valence-electron chi connectivity index (χ0n) is 15.1. The van der Waals surface area contributed by atoms with Gasteiger partial charge in [0.05, 0.1) is 12.7 Å². The molecule has 1 atom stereocenters. The fraction of sp³-hybridized carbons (Fsp3) is 0.300. The molecule has 0 saturated heterocycles. The second-order valence-electron chi connectivity index (χ2n) is 5.93. The molecule has 2 aromatic rings. The summed E-state index contributed by atoms with van der Waals surface area (Å²) in [6.45, 7) is 5.78. The van der Waals surface area contributed by atoms with Crippen LogP contribution in [0.15, 0.2) is 42.5 Å². The molecule has 2 aromatic carbocycles. The SMILES string of the molecule is CCc1ccc(NC(=O)[C@H](C)Nc2cc(C(=O)OC)ccc2C)cc1. The summed E-state index contributed by atoms with van der Waals surface area (Å²) in [5.74, 6) is -0.553. The number of amides is 1. The van der Waals surface area contributed by atoms with Crippen molar-refractivity contribution in [1.29, 1.82) is 0 Å². The minimum atomic E-state index is -0.461. The van der Waals surface area contributed by atoms with Crippen LogP contribution in [0.5, 0.6) is 0 Å². The Kier molecular flexibility index (Phi) is 6.17. The first kappa shape index (κ1) is 18.5. The van der Waals surface area contributed by atoms with Gasteiger partial charge in [0.2, 0.25) is 5.91 Å². The van der Waals surface area contributed by atoms with Crippen LogP contribution in [0, 0.1) is 6.92 Å². The summed E-state index contributed by atoms with van der Waals surface area (Å²) in [7, 11) is 1.34. The van der Waals surface area contributed by atoms with E-state index in [4.69, 9.17) is 4.74 Å². The molecule has 25 heavy (non-hydrogen) atoms. The Bertz CT molecular complexity index is 754. The van der Waals surface area contributed by atoms with E-state index in [1.54, 1.807) is 19.1 Å². The Hall–Kier alpha value is -2.82. The van der Waals surface area contributed by atoms with Crippen molar-refractivity contribution in [3.63, 3.8) is 0 Å². The van der Waals surface area contributed by atoms with Gasteiger partial charge in [-0.25, -0.2) is 4.79 Å². The Morgan fingerprint density at radius 2 is 1.80 bits per heavy atom. The first-order valence-electron chi connectivity index (χ1n) is 8.30. The zero-order valence-corrected chi connectivity index (χ0v) is 15.1. The summed E-state index contributed by atoms with van der Waals surface area (Å²) in [6, 6.07) is 12.5. The lowest BCUT2D eigenvalue weighted by molar-refractivity contribution is -0.116. The second kappa shape index (κ2) is 8.33. The van der Waals surface area contributed by atoms with Crippen molar-refractivity contribution in [2.45, 2.75) is 33.2 Å². The highest BCUT2D eigenvalue weighted by molar-refractivity contribution is 5.97. The number of methoxy groups -OCH3 is 1. The number of benzene rings is 2. The third kappa shape index (κ3) is 4.83. The van der Waals surface area contributed by atoms with Crippen LogP contribution in [0.1, 0.15) is 35.3 Å². The molecular weight excluding hydrogens is 316 g/mol. The standard InChI is InChI=1S/C20H24N2O3/c1-5-15-7-10-17(11-8-15)22-19(23)14(3)21-18-12-16(20(24)25-4)9-6-13(18)2/h6-12,14,21H,5H2,1-4H3,(H,22,23)/t14-/m0/s1.